The van der Waals surface area contributed by atoms with Crippen molar-refractivity contribution >= 4 is 23.2 Å². The second-order valence-corrected chi connectivity index (χ2v) is 5.02. The summed E-state index contributed by atoms with van der Waals surface area (Å²) in [5, 5.41) is 1.29. The molecule has 0 aliphatic carbocycles. The van der Waals surface area contributed by atoms with E-state index in [2.05, 4.69) is 6.92 Å². The summed E-state index contributed by atoms with van der Waals surface area (Å²) in [5.74, 6) is 0.704. The van der Waals surface area contributed by atoms with Gasteiger partial charge >= 0.3 is 0 Å². The highest BCUT2D eigenvalue weighted by Crippen LogP contribution is 2.40. The van der Waals surface area contributed by atoms with E-state index in [-0.39, 0.29) is 6.04 Å². The Kier molecular flexibility index (Phi) is 5.11. The zero-order valence-corrected chi connectivity index (χ0v) is 12.2. The molecule has 2 nitrogen and oxygen atoms in total. The van der Waals surface area contributed by atoms with Crippen molar-refractivity contribution in [2.24, 2.45) is 5.73 Å². The van der Waals surface area contributed by atoms with Crippen molar-refractivity contribution in [1.82, 2.24) is 0 Å². The molecular formula is C13H19Cl2NO. The van der Waals surface area contributed by atoms with Gasteiger partial charge in [0.15, 0.2) is 0 Å². The van der Waals surface area contributed by atoms with Crippen LogP contribution in [-0.2, 0) is 6.42 Å². The molecule has 0 amide bonds. The van der Waals surface area contributed by atoms with Gasteiger partial charge in [-0.2, -0.15) is 0 Å². The first-order valence-corrected chi connectivity index (χ1v) is 6.46. The Morgan fingerprint density at radius 2 is 1.76 bits per heavy atom. The molecule has 4 heteroatoms. The van der Waals surface area contributed by atoms with E-state index in [1.165, 1.54) is 0 Å². The number of methoxy groups -OCH3 is 1. The van der Waals surface area contributed by atoms with Crippen molar-refractivity contribution in [2.75, 3.05) is 7.11 Å². The molecule has 17 heavy (non-hydrogen) atoms. The second kappa shape index (κ2) is 5.94. The van der Waals surface area contributed by atoms with Crippen LogP contribution < -0.4 is 10.5 Å². The molecule has 1 atom stereocenters. The van der Waals surface area contributed by atoms with E-state index in [1.54, 1.807) is 7.11 Å². The molecule has 96 valence electrons. The molecule has 0 bridgehead atoms. The Hall–Kier alpha value is -0.440. The van der Waals surface area contributed by atoms with E-state index in [4.69, 9.17) is 33.7 Å². The zero-order chi connectivity index (χ0) is 13.2. The first-order chi connectivity index (χ1) is 7.93. The van der Waals surface area contributed by atoms with Gasteiger partial charge in [-0.05, 0) is 37.8 Å². The van der Waals surface area contributed by atoms with Gasteiger partial charge < -0.3 is 10.5 Å². The average molecular weight is 276 g/mol. The maximum absolute atomic E-state index is 6.26. The summed E-state index contributed by atoms with van der Waals surface area (Å²) in [6.07, 6.45) is 1.64. The van der Waals surface area contributed by atoms with Crippen LogP contribution >= 0.6 is 23.2 Å². The van der Waals surface area contributed by atoms with Crippen LogP contribution in [0, 0.1) is 13.8 Å². The number of hydrogen-bond acceptors (Lipinski definition) is 2. The van der Waals surface area contributed by atoms with Crippen LogP contribution in [0.15, 0.2) is 0 Å². The number of nitrogens with two attached hydrogens (primary N) is 1. The average Bonchev–Trinajstić information content (AvgIpc) is 2.33. The number of ether oxygens (including phenoxy) is 1. The highest BCUT2D eigenvalue weighted by molar-refractivity contribution is 6.37. The van der Waals surface area contributed by atoms with Crippen LogP contribution in [0.4, 0.5) is 0 Å². The number of rotatable bonds is 4. The Labute approximate surface area is 113 Å². The lowest BCUT2D eigenvalue weighted by atomic mass is 9.97. The molecule has 0 saturated heterocycles. The standard InChI is InChI=1S/C13H19Cl2NO/c1-5-9(16)6-10-7(2)11(14)8(3)12(15)13(10)17-4/h9H,5-6,16H2,1-4H3. The summed E-state index contributed by atoms with van der Waals surface area (Å²) >= 11 is 12.5. The van der Waals surface area contributed by atoms with Crippen molar-refractivity contribution in [3.63, 3.8) is 0 Å². The van der Waals surface area contributed by atoms with Gasteiger partial charge in [-0.25, -0.2) is 0 Å². The molecule has 2 N–H and O–H groups in total. The Bertz CT molecular complexity index is 419. The molecule has 0 heterocycles. The molecular weight excluding hydrogens is 257 g/mol. The molecule has 1 rings (SSSR count). The highest BCUT2D eigenvalue weighted by Gasteiger charge is 2.19. The lowest BCUT2D eigenvalue weighted by Gasteiger charge is -2.19. The molecule has 1 aromatic carbocycles. The zero-order valence-electron chi connectivity index (χ0n) is 10.7. The lowest BCUT2D eigenvalue weighted by molar-refractivity contribution is 0.407. The third kappa shape index (κ3) is 2.87. The van der Waals surface area contributed by atoms with E-state index >= 15 is 0 Å². The smallest absolute Gasteiger partial charge is 0.141 e. The van der Waals surface area contributed by atoms with Crippen LogP contribution in [0.3, 0.4) is 0 Å². The van der Waals surface area contributed by atoms with Gasteiger partial charge in [0.25, 0.3) is 0 Å². The summed E-state index contributed by atoms with van der Waals surface area (Å²) in [7, 11) is 1.62. The van der Waals surface area contributed by atoms with E-state index in [9.17, 15) is 0 Å². The molecule has 0 spiro atoms. The summed E-state index contributed by atoms with van der Waals surface area (Å²) in [6.45, 7) is 5.93. The van der Waals surface area contributed by atoms with Gasteiger partial charge in [-0.1, -0.05) is 30.1 Å². The highest BCUT2D eigenvalue weighted by atomic mass is 35.5. The van der Waals surface area contributed by atoms with Crippen LogP contribution in [0.5, 0.6) is 5.75 Å². The van der Waals surface area contributed by atoms with Crippen LogP contribution in [0.2, 0.25) is 10.0 Å². The number of benzene rings is 1. The summed E-state index contributed by atoms with van der Waals surface area (Å²) < 4.78 is 5.39. The minimum Gasteiger partial charge on any atom is -0.495 e. The number of hydrogen-bond donors (Lipinski definition) is 1. The SMILES string of the molecule is CCC(N)Cc1c(C)c(Cl)c(C)c(Cl)c1OC. The Morgan fingerprint density at radius 3 is 2.24 bits per heavy atom. The van der Waals surface area contributed by atoms with Gasteiger partial charge in [0.2, 0.25) is 0 Å². The summed E-state index contributed by atoms with van der Waals surface area (Å²) in [6, 6.07) is 0.0949. The van der Waals surface area contributed by atoms with Gasteiger partial charge in [0, 0.05) is 16.6 Å². The fourth-order valence-electron chi connectivity index (χ4n) is 1.85. The maximum Gasteiger partial charge on any atom is 0.141 e. The van der Waals surface area contributed by atoms with E-state index in [0.29, 0.717) is 15.8 Å². The summed E-state index contributed by atoms with van der Waals surface area (Å²) in [4.78, 5) is 0. The molecule has 0 radical (unpaired) electrons. The quantitative estimate of drug-likeness (QED) is 0.905. The van der Waals surface area contributed by atoms with Gasteiger partial charge in [-0.15, -0.1) is 0 Å². The predicted octanol–water partition coefficient (Wildman–Crippen LogP) is 3.90. The van der Waals surface area contributed by atoms with Gasteiger partial charge in [0.1, 0.15) is 5.75 Å². The fourth-order valence-corrected chi connectivity index (χ4v) is 2.39. The third-order valence-electron chi connectivity index (χ3n) is 3.11. The summed E-state index contributed by atoms with van der Waals surface area (Å²) in [5.41, 5.74) is 8.88. The van der Waals surface area contributed by atoms with E-state index < -0.39 is 0 Å². The van der Waals surface area contributed by atoms with Crippen molar-refractivity contribution in [1.29, 1.82) is 0 Å². The Balaban J connectivity index is 3.36. The lowest BCUT2D eigenvalue weighted by Crippen LogP contribution is -2.22. The van der Waals surface area contributed by atoms with Crippen molar-refractivity contribution in [3.8, 4) is 5.75 Å². The largest absolute Gasteiger partial charge is 0.495 e. The van der Waals surface area contributed by atoms with Crippen LogP contribution in [-0.4, -0.2) is 13.2 Å². The normalized spacial score (nSPS) is 12.6. The maximum atomic E-state index is 6.26. The van der Waals surface area contributed by atoms with Crippen molar-refractivity contribution in [2.45, 2.75) is 39.7 Å². The first kappa shape index (κ1) is 14.6. The van der Waals surface area contributed by atoms with Crippen molar-refractivity contribution < 1.29 is 4.74 Å². The predicted molar refractivity (Wildman–Crippen MR) is 74.5 cm³/mol. The van der Waals surface area contributed by atoms with Crippen molar-refractivity contribution in [3.05, 3.63) is 26.7 Å². The molecule has 0 saturated carbocycles. The monoisotopic (exact) mass is 275 g/mol. The second-order valence-electron chi connectivity index (χ2n) is 4.26. The molecule has 0 fully saturated rings. The van der Waals surface area contributed by atoms with Crippen LogP contribution in [0.25, 0.3) is 0 Å². The first-order valence-electron chi connectivity index (χ1n) is 5.70. The molecule has 1 aromatic rings. The molecule has 0 aliphatic heterocycles. The topological polar surface area (TPSA) is 35.2 Å². The Morgan fingerprint density at radius 1 is 1.18 bits per heavy atom. The van der Waals surface area contributed by atoms with E-state index in [1.807, 2.05) is 13.8 Å². The van der Waals surface area contributed by atoms with Gasteiger partial charge in [0.05, 0.1) is 12.1 Å². The number of halogens is 2. The van der Waals surface area contributed by atoms with Crippen LogP contribution in [0.1, 0.15) is 30.0 Å². The molecule has 1 unspecified atom stereocenters. The van der Waals surface area contributed by atoms with Gasteiger partial charge in [-0.3, -0.25) is 0 Å². The third-order valence-corrected chi connectivity index (χ3v) is 4.13. The minimum atomic E-state index is 0.0949. The van der Waals surface area contributed by atoms with E-state index in [0.717, 1.165) is 29.5 Å². The molecule has 0 aromatic heterocycles. The minimum absolute atomic E-state index is 0.0949. The molecule has 0 aliphatic rings. The fraction of sp³-hybridized carbons (Fsp3) is 0.538.